The first-order valence-electron chi connectivity index (χ1n) is 10.4. The molecule has 5 heteroatoms. The molecule has 2 N–H and O–H groups in total. The van der Waals surface area contributed by atoms with Gasteiger partial charge in [-0.2, -0.15) is 5.26 Å². The number of nitrogens with one attached hydrogen (secondary N) is 2. The second-order valence-electron chi connectivity index (χ2n) is 7.91. The van der Waals surface area contributed by atoms with E-state index in [1.165, 1.54) is 32.7 Å². The molecule has 0 aliphatic heterocycles. The van der Waals surface area contributed by atoms with Crippen molar-refractivity contribution in [2.75, 3.05) is 12.4 Å². The number of rotatable bonds is 6. The zero-order valence-corrected chi connectivity index (χ0v) is 19.1. The normalized spacial score (nSPS) is 12.0. The Morgan fingerprint density at radius 3 is 2.58 bits per heavy atom. The molecule has 0 saturated heterocycles. The van der Waals surface area contributed by atoms with E-state index >= 15 is 0 Å². The van der Waals surface area contributed by atoms with Crippen LogP contribution in [-0.2, 0) is 6.54 Å². The average molecular weight is 427 g/mol. The highest BCUT2D eigenvalue weighted by atomic mass is 32.1. The van der Waals surface area contributed by atoms with E-state index in [0.29, 0.717) is 5.56 Å². The molecule has 31 heavy (non-hydrogen) atoms. The number of pyridine rings is 1. The molecule has 0 bridgehead atoms. The maximum Gasteiger partial charge on any atom is 0.134 e. The molecule has 4 aromatic rings. The number of benzene rings is 2. The highest BCUT2D eigenvalue weighted by Gasteiger charge is 2.15. The molecule has 4 rings (SSSR count). The Balaban J connectivity index is 1.66. The van der Waals surface area contributed by atoms with Gasteiger partial charge in [0.2, 0.25) is 0 Å². The quantitative estimate of drug-likeness (QED) is 0.377. The second kappa shape index (κ2) is 8.89. The van der Waals surface area contributed by atoms with Gasteiger partial charge >= 0.3 is 0 Å². The summed E-state index contributed by atoms with van der Waals surface area (Å²) in [7, 11) is 1.97. The molecule has 0 aliphatic rings. The van der Waals surface area contributed by atoms with Crippen LogP contribution in [0.25, 0.3) is 21.9 Å². The first-order valence-corrected chi connectivity index (χ1v) is 11.3. The molecule has 2 aromatic heterocycles. The Bertz CT molecular complexity index is 1280. The van der Waals surface area contributed by atoms with Crippen LogP contribution in [0.1, 0.15) is 40.1 Å². The Morgan fingerprint density at radius 1 is 1.10 bits per heavy atom. The molecule has 4 nitrogen and oxygen atoms in total. The number of thiophene rings is 1. The SMILES string of the molecule is CNCc1ccccc1-c1csc([C@@H](C)Nc2ncc(C#N)c3cc(C)c(C)cc23)c1. The monoisotopic (exact) mass is 426 g/mol. The predicted molar refractivity (Wildman–Crippen MR) is 130 cm³/mol. The lowest BCUT2D eigenvalue weighted by Crippen LogP contribution is -2.07. The summed E-state index contributed by atoms with van der Waals surface area (Å²) in [6.07, 6.45) is 1.67. The first kappa shape index (κ1) is 21.0. The average Bonchev–Trinajstić information content (AvgIpc) is 3.26. The van der Waals surface area contributed by atoms with Gasteiger partial charge in [0.1, 0.15) is 11.9 Å². The smallest absolute Gasteiger partial charge is 0.134 e. The molecule has 2 heterocycles. The van der Waals surface area contributed by atoms with E-state index in [9.17, 15) is 5.26 Å². The van der Waals surface area contributed by atoms with Gasteiger partial charge in [0, 0.05) is 28.4 Å². The van der Waals surface area contributed by atoms with E-state index in [1.807, 2.05) is 7.05 Å². The number of anilines is 1. The number of aromatic nitrogens is 1. The van der Waals surface area contributed by atoms with Crippen LogP contribution in [0.5, 0.6) is 0 Å². The van der Waals surface area contributed by atoms with Gasteiger partial charge in [-0.1, -0.05) is 24.3 Å². The van der Waals surface area contributed by atoms with E-state index in [0.717, 1.165) is 23.1 Å². The van der Waals surface area contributed by atoms with Crippen LogP contribution < -0.4 is 10.6 Å². The molecular weight excluding hydrogens is 400 g/mol. The minimum Gasteiger partial charge on any atom is -0.362 e. The lowest BCUT2D eigenvalue weighted by Gasteiger charge is -2.16. The lowest BCUT2D eigenvalue weighted by molar-refractivity contribution is 0.819. The van der Waals surface area contributed by atoms with Crippen molar-refractivity contribution in [3.8, 4) is 17.2 Å². The summed E-state index contributed by atoms with van der Waals surface area (Å²) < 4.78 is 0. The van der Waals surface area contributed by atoms with Gasteiger partial charge < -0.3 is 10.6 Å². The molecule has 156 valence electrons. The van der Waals surface area contributed by atoms with Crippen LogP contribution >= 0.6 is 11.3 Å². The molecule has 0 fully saturated rings. The summed E-state index contributed by atoms with van der Waals surface area (Å²) in [6, 6.07) is 17.4. The van der Waals surface area contributed by atoms with Gasteiger partial charge in [0.15, 0.2) is 0 Å². The molecule has 2 aromatic carbocycles. The zero-order chi connectivity index (χ0) is 22.0. The van der Waals surface area contributed by atoms with E-state index in [1.54, 1.807) is 17.5 Å². The minimum absolute atomic E-state index is 0.0976. The van der Waals surface area contributed by atoms with Crippen LogP contribution in [0, 0.1) is 25.2 Å². The lowest BCUT2D eigenvalue weighted by atomic mass is 10.0. The summed E-state index contributed by atoms with van der Waals surface area (Å²) in [5.41, 5.74) is 6.77. The van der Waals surface area contributed by atoms with Crippen molar-refractivity contribution in [2.24, 2.45) is 0 Å². The van der Waals surface area contributed by atoms with E-state index < -0.39 is 0 Å². The third kappa shape index (κ3) is 4.18. The molecule has 0 spiro atoms. The van der Waals surface area contributed by atoms with Gasteiger partial charge in [-0.05, 0) is 79.2 Å². The fourth-order valence-electron chi connectivity index (χ4n) is 3.85. The zero-order valence-electron chi connectivity index (χ0n) is 18.3. The Morgan fingerprint density at radius 2 is 1.84 bits per heavy atom. The van der Waals surface area contributed by atoms with Crippen molar-refractivity contribution < 1.29 is 0 Å². The van der Waals surface area contributed by atoms with Crippen LogP contribution in [0.4, 0.5) is 5.82 Å². The topological polar surface area (TPSA) is 60.7 Å². The molecular formula is C26H26N4S. The van der Waals surface area contributed by atoms with Crippen LogP contribution in [0.3, 0.4) is 0 Å². The summed E-state index contributed by atoms with van der Waals surface area (Å²) >= 11 is 1.75. The second-order valence-corrected chi connectivity index (χ2v) is 8.85. The Kier molecular flexibility index (Phi) is 6.03. The summed E-state index contributed by atoms with van der Waals surface area (Å²) in [5, 5.41) is 20.5. The predicted octanol–water partition coefficient (Wildman–Crippen LogP) is 6.34. The molecule has 0 amide bonds. The van der Waals surface area contributed by atoms with Crippen molar-refractivity contribution in [1.82, 2.24) is 10.3 Å². The van der Waals surface area contributed by atoms with Crippen molar-refractivity contribution in [3.63, 3.8) is 0 Å². The third-order valence-corrected chi connectivity index (χ3v) is 6.83. The van der Waals surface area contributed by atoms with Gasteiger partial charge in [-0.15, -0.1) is 11.3 Å². The largest absolute Gasteiger partial charge is 0.362 e. The van der Waals surface area contributed by atoms with Crippen molar-refractivity contribution >= 4 is 27.9 Å². The summed E-state index contributed by atoms with van der Waals surface area (Å²) in [6.45, 7) is 7.16. The molecule has 0 unspecified atom stereocenters. The number of hydrogen-bond donors (Lipinski definition) is 2. The number of hydrogen-bond acceptors (Lipinski definition) is 5. The molecule has 0 saturated carbocycles. The van der Waals surface area contributed by atoms with Crippen LogP contribution in [0.2, 0.25) is 0 Å². The fourth-order valence-corrected chi connectivity index (χ4v) is 4.77. The van der Waals surface area contributed by atoms with Gasteiger partial charge in [-0.3, -0.25) is 0 Å². The van der Waals surface area contributed by atoms with Crippen LogP contribution in [0.15, 0.2) is 54.0 Å². The van der Waals surface area contributed by atoms with E-state index in [2.05, 4.69) is 90.3 Å². The summed E-state index contributed by atoms with van der Waals surface area (Å²) in [5.74, 6) is 0.815. The number of nitrogens with zero attached hydrogens (tertiary/aromatic N) is 2. The summed E-state index contributed by atoms with van der Waals surface area (Å²) in [4.78, 5) is 5.83. The highest BCUT2D eigenvalue weighted by molar-refractivity contribution is 7.10. The van der Waals surface area contributed by atoms with Crippen molar-refractivity contribution in [2.45, 2.75) is 33.4 Å². The van der Waals surface area contributed by atoms with Crippen LogP contribution in [-0.4, -0.2) is 12.0 Å². The van der Waals surface area contributed by atoms with Gasteiger partial charge in [-0.25, -0.2) is 4.98 Å². The van der Waals surface area contributed by atoms with Crippen molar-refractivity contribution in [3.05, 3.63) is 81.2 Å². The van der Waals surface area contributed by atoms with Gasteiger partial charge in [0.05, 0.1) is 11.6 Å². The standard InChI is InChI=1S/C26H26N4S/c1-16-9-23-21(12-27)14-29-26(24(23)10-17(16)2)30-18(3)25-11-20(15-31-25)22-8-6-5-7-19(22)13-28-4/h5-11,14-15,18,28H,13H2,1-4H3,(H,29,30)/t18-/m1/s1. The number of fused-ring (bicyclic) bond motifs is 1. The maximum absolute atomic E-state index is 9.50. The third-order valence-electron chi connectivity index (χ3n) is 5.72. The maximum atomic E-state index is 9.50. The Labute approximate surface area is 187 Å². The fraction of sp³-hybridized carbons (Fsp3) is 0.231. The van der Waals surface area contributed by atoms with E-state index in [-0.39, 0.29) is 6.04 Å². The number of aryl methyl sites for hydroxylation is 2. The molecule has 0 aliphatic carbocycles. The molecule has 0 radical (unpaired) electrons. The van der Waals surface area contributed by atoms with Gasteiger partial charge in [0.25, 0.3) is 0 Å². The van der Waals surface area contributed by atoms with Crippen molar-refractivity contribution in [1.29, 1.82) is 5.26 Å². The first-order chi connectivity index (χ1) is 15.0. The minimum atomic E-state index is 0.0976. The number of nitriles is 1. The van der Waals surface area contributed by atoms with E-state index in [4.69, 9.17) is 0 Å². The Hall–Kier alpha value is -3.20. The molecule has 1 atom stereocenters. The highest BCUT2D eigenvalue weighted by Crippen LogP contribution is 2.34.